The van der Waals surface area contributed by atoms with Gasteiger partial charge < -0.3 is 4.98 Å². The molecule has 3 rings (SSSR count). The monoisotopic (exact) mass is 275 g/mol. The summed E-state index contributed by atoms with van der Waals surface area (Å²) in [6.45, 7) is 3.85. The van der Waals surface area contributed by atoms with Gasteiger partial charge in [-0.05, 0) is 24.6 Å². The first kappa shape index (κ1) is 11.6. The number of benzene rings is 2. The minimum absolute atomic E-state index is 0.477. The standard InChI is InChI=1S/C14H9Cl2N2/c1-8-2-4-9(5-3-8)14-17-11-7-6-10(15)12(16)13(11)18-14/h2-7H,1H2,(H,17,18). The summed E-state index contributed by atoms with van der Waals surface area (Å²) in [6, 6.07) is 11.4. The molecule has 0 aliphatic heterocycles. The number of aromatic nitrogens is 2. The van der Waals surface area contributed by atoms with Gasteiger partial charge in [0.2, 0.25) is 0 Å². The molecule has 1 aromatic heterocycles. The molecule has 4 heteroatoms. The van der Waals surface area contributed by atoms with E-state index in [1.165, 1.54) is 0 Å². The summed E-state index contributed by atoms with van der Waals surface area (Å²) in [6.07, 6.45) is 0. The number of rotatable bonds is 1. The van der Waals surface area contributed by atoms with Crippen molar-refractivity contribution in [2.45, 2.75) is 0 Å². The number of nitrogens with one attached hydrogen (secondary N) is 1. The van der Waals surface area contributed by atoms with Crippen LogP contribution in [0, 0.1) is 6.92 Å². The Labute approximate surface area is 115 Å². The topological polar surface area (TPSA) is 28.7 Å². The second-order valence-corrected chi connectivity index (χ2v) is 4.83. The number of hydrogen-bond donors (Lipinski definition) is 1. The second-order valence-electron chi connectivity index (χ2n) is 4.04. The van der Waals surface area contributed by atoms with E-state index in [4.69, 9.17) is 23.2 Å². The maximum atomic E-state index is 6.13. The summed E-state index contributed by atoms with van der Waals surface area (Å²) in [4.78, 5) is 7.71. The fraction of sp³-hybridized carbons (Fsp3) is 0. The fourth-order valence-electron chi connectivity index (χ4n) is 1.82. The number of aromatic amines is 1. The molecule has 89 valence electrons. The molecule has 0 bridgehead atoms. The van der Waals surface area contributed by atoms with Gasteiger partial charge in [0.15, 0.2) is 0 Å². The van der Waals surface area contributed by atoms with Crippen molar-refractivity contribution in [3.8, 4) is 11.4 Å². The van der Waals surface area contributed by atoms with Gasteiger partial charge in [-0.3, -0.25) is 0 Å². The van der Waals surface area contributed by atoms with Crippen molar-refractivity contribution < 1.29 is 0 Å². The second kappa shape index (κ2) is 4.30. The maximum absolute atomic E-state index is 6.13. The van der Waals surface area contributed by atoms with E-state index >= 15 is 0 Å². The van der Waals surface area contributed by atoms with E-state index < -0.39 is 0 Å². The molecule has 2 nitrogen and oxygen atoms in total. The molecule has 0 spiro atoms. The Morgan fingerprint density at radius 2 is 1.72 bits per heavy atom. The summed E-state index contributed by atoms with van der Waals surface area (Å²) in [7, 11) is 0. The zero-order chi connectivity index (χ0) is 12.7. The molecule has 1 radical (unpaired) electrons. The third kappa shape index (κ3) is 1.88. The summed E-state index contributed by atoms with van der Waals surface area (Å²) in [5.41, 5.74) is 3.53. The summed E-state index contributed by atoms with van der Waals surface area (Å²) < 4.78 is 0. The van der Waals surface area contributed by atoms with Gasteiger partial charge in [-0.1, -0.05) is 47.5 Å². The van der Waals surface area contributed by atoms with Crippen molar-refractivity contribution in [2.75, 3.05) is 0 Å². The molecule has 0 aliphatic rings. The average Bonchev–Trinajstić information content (AvgIpc) is 2.80. The van der Waals surface area contributed by atoms with Crippen LogP contribution in [0.25, 0.3) is 22.4 Å². The van der Waals surface area contributed by atoms with Gasteiger partial charge in [0.05, 0.1) is 15.6 Å². The Hall–Kier alpha value is -1.51. The predicted molar refractivity (Wildman–Crippen MR) is 76.0 cm³/mol. The van der Waals surface area contributed by atoms with Gasteiger partial charge in [0.1, 0.15) is 11.3 Å². The molecule has 0 atom stereocenters. The van der Waals surface area contributed by atoms with Crippen LogP contribution in [0.15, 0.2) is 36.4 Å². The third-order valence-electron chi connectivity index (χ3n) is 2.77. The number of nitrogens with zero attached hydrogens (tertiary/aromatic N) is 1. The lowest BCUT2D eigenvalue weighted by molar-refractivity contribution is 1.33. The summed E-state index contributed by atoms with van der Waals surface area (Å²) in [5.74, 6) is 0.772. The first-order valence-corrected chi connectivity index (χ1v) is 6.17. The van der Waals surface area contributed by atoms with E-state index in [0.29, 0.717) is 15.6 Å². The van der Waals surface area contributed by atoms with Gasteiger partial charge in [-0.25, -0.2) is 4.98 Å². The van der Waals surface area contributed by atoms with Gasteiger partial charge in [0, 0.05) is 5.56 Å². The van der Waals surface area contributed by atoms with Crippen LogP contribution in [0.2, 0.25) is 10.0 Å². The van der Waals surface area contributed by atoms with E-state index in [2.05, 4.69) is 16.9 Å². The lowest BCUT2D eigenvalue weighted by Gasteiger charge is -1.96. The van der Waals surface area contributed by atoms with Crippen molar-refractivity contribution in [3.63, 3.8) is 0 Å². The fourth-order valence-corrected chi connectivity index (χ4v) is 2.18. The Balaban J connectivity index is 2.19. The van der Waals surface area contributed by atoms with Crippen molar-refractivity contribution in [2.24, 2.45) is 0 Å². The minimum atomic E-state index is 0.477. The van der Waals surface area contributed by atoms with Crippen molar-refractivity contribution in [3.05, 3.63) is 58.9 Å². The van der Waals surface area contributed by atoms with Crippen molar-refractivity contribution in [1.82, 2.24) is 9.97 Å². The highest BCUT2D eigenvalue weighted by Gasteiger charge is 2.10. The smallest absolute Gasteiger partial charge is 0.138 e. The van der Waals surface area contributed by atoms with Crippen LogP contribution in [0.3, 0.4) is 0 Å². The number of H-pyrrole nitrogens is 1. The lowest BCUT2D eigenvalue weighted by atomic mass is 10.1. The molecule has 18 heavy (non-hydrogen) atoms. The highest BCUT2D eigenvalue weighted by Crippen LogP contribution is 2.31. The molecule has 3 aromatic rings. The molecule has 0 unspecified atom stereocenters. The largest absolute Gasteiger partial charge is 0.338 e. The van der Waals surface area contributed by atoms with Crippen LogP contribution in [-0.4, -0.2) is 9.97 Å². The van der Waals surface area contributed by atoms with E-state index in [-0.39, 0.29) is 0 Å². The van der Waals surface area contributed by atoms with E-state index in [1.807, 2.05) is 30.3 Å². The third-order valence-corrected chi connectivity index (χ3v) is 3.57. The molecule has 0 fully saturated rings. The molecule has 0 aliphatic carbocycles. The van der Waals surface area contributed by atoms with E-state index in [1.54, 1.807) is 6.07 Å². The summed E-state index contributed by atoms with van der Waals surface area (Å²) in [5, 5.41) is 0.987. The minimum Gasteiger partial charge on any atom is -0.338 e. The van der Waals surface area contributed by atoms with Crippen LogP contribution in [0.5, 0.6) is 0 Å². The Morgan fingerprint density at radius 3 is 2.44 bits per heavy atom. The van der Waals surface area contributed by atoms with E-state index in [0.717, 1.165) is 22.5 Å². The summed E-state index contributed by atoms with van der Waals surface area (Å²) >= 11 is 12.1. The van der Waals surface area contributed by atoms with Crippen LogP contribution in [-0.2, 0) is 0 Å². The molecule has 0 saturated carbocycles. The molecule has 2 aromatic carbocycles. The first-order valence-electron chi connectivity index (χ1n) is 5.41. The van der Waals surface area contributed by atoms with Crippen molar-refractivity contribution >= 4 is 34.2 Å². The molecular formula is C14H9Cl2N2. The highest BCUT2D eigenvalue weighted by molar-refractivity contribution is 6.44. The first-order chi connectivity index (χ1) is 8.65. The molecule has 1 heterocycles. The van der Waals surface area contributed by atoms with Gasteiger partial charge in [-0.2, -0.15) is 0 Å². The quantitative estimate of drug-likeness (QED) is 0.684. The van der Waals surface area contributed by atoms with Crippen LogP contribution in [0.1, 0.15) is 5.56 Å². The molecule has 0 amide bonds. The zero-order valence-corrected chi connectivity index (χ0v) is 10.9. The Bertz CT molecular complexity index is 714. The zero-order valence-electron chi connectivity index (χ0n) is 9.37. The normalized spacial score (nSPS) is 11.1. The van der Waals surface area contributed by atoms with Crippen LogP contribution >= 0.6 is 23.2 Å². The number of fused-ring (bicyclic) bond motifs is 1. The number of halogens is 2. The highest BCUT2D eigenvalue weighted by atomic mass is 35.5. The van der Waals surface area contributed by atoms with Crippen LogP contribution in [0.4, 0.5) is 0 Å². The van der Waals surface area contributed by atoms with Crippen LogP contribution < -0.4 is 0 Å². The maximum Gasteiger partial charge on any atom is 0.138 e. The predicted octanol–water partition coefficient (Wildman–Crippen LogP) is 4.72. The SMILES string of the molecule is [CH2]c1ccc(-c2nc3c(Cl)c(Cl)ccc3[nH]2)cc1. The van der Waals surface area contributed by atoms with Gasteiger partial charge in [-0.15, -0.1) is 0 Å². The van der Waals surface area contributed by atoms with Gasteiger partial charge in [0.25, 0.3) is 0 Å². The number of imidazole rings is 1. The Morgan fingerprint density at radius 1 is 1.00 bits per heavy atom. The molecule has 1 N–H and O–H groups in total. The lowest BCUT2D eigenvalue weighted by Crippen LogP contribution is -1.80. The molecular weight excluding hydrogens is 267 g/mol. The number of hydrogen-bond acceptors (Lipinski definition) is 1. The van der Waals surface area contributed by atoms with Gasteiger partial charge >= 0.3 is 0 Å². The molecule has 0 saturated heterocycles. The average molecular weight is 276 g/mol. The Kier molecular flexibility index (Phi) is 2.77. The van der Waals surface area contributed by atoms with E-state index in [9.17, 15) is 0 Å². The van der Waals surface area contributed by atoms with Crippen molar-refractivity contribution in [1.29, 1.82) is 0 Å².